The monoisotopic (exact) mass is 142 g/mol. The van der Waals surface area contributed by atoms with Gasteiger partial charge in [-0.2, -0.15) is 0 Å². The highest BCUT2D eigenvalue weighted by Crippen LogP contribution is 1.97. The Labute approximate surface area is 63.7 Å². The van der Waals surface area contributed by atoms with E-state index in [1.165, 1.54) is 0 Å². The summed E-state index contributed by atoms with van der Waals surface area (Å²) < 4.78 is 0. The Morgan fingerprint density at radius 3 is 1.90 bits per heavy atom. The predicted octanol–water partition coefficient (Wildman–Crippen LogP) is 1.54. The summed E-state index contributed by atoms with van der Waals surface area (Å²) in [5.74, 6) is 0.698. The molecule has 0 aromatic carbocycles. The second-order valence-corrected chi connectivity index (χ2v) is 2.48. The Morgan fingerprint density at radius 1 is 1.30 bits per heavy atom. The van der Waals surface area contributed by atoms with Crippen LogP contribution in [0, 0.1) is 0 Å². The third-order valence-corrected chi connectivity index (χ3v) is 1.39. The lowest BCUT2D eigenvalue weighted by Gasteiger charge is -2.22. The molecule has 0 spiro atoms. The van der Waals surface area contributed by atoms with Gasteiger partial charge in [0, 0.05) is 13.1 Å². The van der Waals surface area contributed by atoms with Gasteiger partial charge in [0.2, 0.25) is 0 Å². The molecule has 0 aromatic heterocycles. The van der Waals surface area contributed by atoms with Gasteiger partial charge in [-0.15, -0.1) is 0 Å². The Morgan fingerprint density at radius 2 is 1.70 bits per heavy atom. The van der Waals surface area contributed by atoms with E-state index in [0.29, 0.717) is 5.82 Å². The second kappa shape index (κ2) is 5.15. The van der Waals surface area contributed by atoms with Crippen LogP contribution in [-0.2, 0) is 0 Å². The lowest BCUT2D eigenvalue weighted by atomic mass is 10.3. The average molecular weight is 142 g/mol. The molecule has 0 radical (unpaired) electrons. The average Bonchev–Trinajstić information content (AvgIpc) is 1.87. The molecule has 2 heteroatoms. The topological polar surface area (TPSA) is 29.3 Å². The Balaban J connectivity index is 3.61. The smallest absolute Gasteiger partial charge is 0.0912 e. The van der Waals surface area contributed by atoms with E-state index in [4.69, 9.17) is 5.73 Å². The maximum Gasteiger partial charge on any atom is 0.0912 e. The van der Waals surface area contributed by atoms with Crippen molar-refractivity contribution in [1.29, 1.82) is 0 Å². The molecular formula is C8H18N2. The van der Waals surface area contributed by atoms with Crippen molar-refractivity contribution in [3.63, 3.8) is 0 Å². The second-order valence-electron chi connectivity index (χ2n) is 2.48. The molecule has 0 heterocycles. The fourth-order valence-corrected chi connectivity index (χ4v) is 0.939. The molecule has 2 N–H and O–H groups in total. The van der Waals surface area contributed by atoms with Crippen molar-refractivity contribution in [3.8, 4) is 0 Å². The van der Waals surface area contributed by atoms with Crippen LogP contribution in [0.15, 0.2) is 12.4 Å². The standard InChI is InChI=1S/C8H18N2/c1-4-6-10(7-5-2)8(3)9/h3-7,9H2,1-2H3. The van der Waals surface area contributed by atoms with Crippen LogP contribution in [0.3, 0.4) is 0 Å². The molecule has 0 aliphatic rings. The van der Waals surface area contributed by atoms with Crippen LogP contribution in [-0.4, -0.2) is 18.0 Å². The van der Waals surface area contributed by atoms with E-state index in [0.717, 1.165) is 25.9 Å². The summed E-state index contributed by atoms with van der Waals surface area (Å²) in [6.07, 6.45) is 2.27. The van der Waals surface area contributed by atoms with Crippen LogP contribution in [0.1, 0.15) is 26.7 Å². The van der Waals surface area contributed by atoms with Crippen molar-refractivity contribution in [3.05, 3.63) is 12.4 Å². The largest absolute Gasteiger partial charge is 0.386 e. The van der Waals surface area contributed by atoms with Crippen LogP contribution in [0.25, 0.3) is 0 Å². The molecule has 0 aromatic rings. The maximum absolute atomic E-state index is 5.54. The predicted molar refractivity (Wildman–Crippen MR) is 45.5 cm³/mol. The molecule has 0 saturated heterocycles. The SMILES string of the molecule is C=C(N)N(CCC)CCC. The third-order valence-electron chi connectivity index (χ3n) is 1.39. The number of nitrogens with two attached hydrogens (primary N) is 1. The Hall–Kier alpha value is -0.660. The number of rotatable bonds is 5. The van der Waals surface area contributed by atoms with Crippen molar-refractivity contribution in [1.82, 2.24) is 4.90 Å². The van der Waals surface area contributed by atoms with Crippen LogP contribution in [0.2, 0.25) is 0 Å². The molecule has 60 valence electrons. The van der Waals surface area contributed by atoms with E-state index in [2.05, 4.69) is 25.3 Å². The van der Waals surface area contributed by atoms with Gasteiger partial charge >= 0.3 is 0 Å². The maximum atomic E-state index is 5.54. The minimum Gasteiger partial charge on any atom is -0.386 e. The van der Waals surface area contributed by atoms with Crippen molar-refractivity contribution in [2.45, 2.75) is 26.7 Å². The van der Waals surface area contributed by atoms with Gasteiger partial charge < -0.3 is 10.6 Å². The van der Waals surface area contributed by atoms with E-state index < -0.39 is 0 Å². The van der Waals surface area contributed by atoms with Gasteiger partial charge in [0.15, 0.2) is 0 Å². The zero-order chi connectivity index (χ0) is 7.98. The van der Waals surface area contributed by atoms with E-state index in [1.54, 1.807) is 0 Å². The van der Waals surface area contributed by atoms with Gasteiger partial charge in [-0.3, -0.25) is 0 Å². The lowest BCUT2D eigenvalue weighted by Crippen LogP contribution is -2.28. The first-order valence-electron chi connectivity index (χ1n) is 3.91. The molecule has 0 bridgehead atoms. The van der Waals surface area contributed by atoms with Gasteiger partial charge in [-0.1, -0.05) is 20.4 Å². The summed E-state index contributed by atoms with van der Waals surface area (Å²) in [6.45, 7) is 10.0. The minimum atomic E-state index is 0.698. The first kappa shape index (κ1) is 9.34. The molecule has 2 nitrogen and oxygen atoms in total. The van der Waals surface area contributed by atoms with Crippen molar-refractivity contribution < 1.29 is 0 Å². The highest BCUT2D eigenvalue weighted by atomic mass is 15.2. The zero-order valence-corrected chi connectivity index (χ0v) is 7.06. The lowest BCUT2D eigenvalue weighted by molar-refractivity contribution is 0.342. The summed E-state index contributed by atoms with van der Waals surface area (Å²) >= 11 is 0. The van der Waals surface area contributed by atoms with Crippen molar-refractivity contribution >= 4 is 0 Å². The van der Waals surface area contributed by atoms with Gasteiger partial charge in [0.25, 0.3) is 0 Å². The highest BCUT2D eigenvalue weighted by molar-refractivity contribution is 4.85. The quantitative estimate of drug-likeness (QED) is 0.631. The fraction of sp³-hybridized carbons (Fsp3) is 0.750. The molecule has 0 aliphatic carbocycles. The summed E-state index contributed by atoms with van der Waals surface area (Å²) in [5, 5.41) is 0. The van der Waals surface area contributed by atoms with E-state index in [-0.39, 0.29) is 0 Å². The van der Waals surface area contributed by atoms with E-state index >= 15 is 0 Å². The third kappa shape index (κ3) is 3.38. The number of hydrogen-bond donors (Lipinski definition) is 1. The van der Waals surface area contributed by atoms with Crippen LogP contribution < -0.4 is 5.73 Å². The first-order valence-corrected chi connectivity index (χ1v) is 3.91. The van der Waals surface area contributed by atoms with E-state index in [9.17, 15) is 0 Å². The molecule has 0 amide bonds. The minimum absolute atomic E-state index is 0.698. The molecule has 0 rings (SSSR count). The molecule has 10 heavy (non-hydrogen) atoms. The molecule has 0 fully saturated rings. The van der Waals surface area contributed by atoms with Crippen molar-refractivity contribution in [2.75, 3.05) is 13.1 Å². The number of nitrogens with zero attached hydrogens (tertiary/aromatic N) is 1. The summed E-state index contributed by atoms with van der Waals surface area (Å²) in [4.78, 5) is 2.11. The van der Waals surface area contributed by atoms with Crippen molar-refractivity contribution in [2.24, 2.45) is 5.73 Å². The fourth-order valence-electron chi connectivity index (χ4n) is 0.939. The van der Waals surface area contributed by atoms with Crippen LogP contribution in [0.4, 0.5) is 0 Å². The van der Waals surface area contributed by atoms with Gasteiger partial charge in [-0.05, 0) is 12.8 Å². The van der Waals surface area contributed by atoms with Crippen LogP contribution >= 0.6 is 0 Å². The van der Waals surface area contributed by atoms with Gasteiger partial charge in [-0.25, -0.2) is 0 Å². The molecular weight excluding hydrogens is 124 g/mol. The molecule has 0 aliphatic heterocycles. The molecule has 0 saturated carbocycles. The van der Waals surface area contributed by atoms with Crippen LogP contribution in [0.5, 0.6) is 0 Å². The van der Waals surface area contributed by atoms with Gasteiger partial charge in [0.1, 0.15) is 0 Å². The summed E-state index contributed by atoms with van der Waals surface area (Å²) in [7, 11) is 0. The molecule has 0 unspecified atom stereocenters. The first-order chi connectivity index (χ1) is 4.72. The Bertz CT molecular complexity index is 93.4. The Kier molecular flexibility index (Phi) is 4.81. The normalized spacial score (nSPS) is 9.40. The molecule has 0 atom stereocenters. The number of hydrogen-bond acceptors (Lipinski definition) is 2. The van der Waals surface area contributed by atoms with E-state index in [1.807, 2.05) is 0 Å². The zero-order valence-electron chi connectivity index (χ0n) is 7.06. The van der Waals surface area contributed by atoms with Gasteiger partial charge in [0.05, 0.1) is 5.82 Å². The highest BCUT2D eigenvalue weighted by Gasteiger charge is 1.99. The summed E-state index contributed by atoms with van der Waals surface area (Å²) in [6, 6.07) is 0. The summed E-state index contributed by atoms with van der Waals surface area (Å²) in [5.41, 5.74) is 5.54.